The van der Waals surface area contributed by atoms with E-state index in [9.17, 15) is 4.79 Å². The molecule has 4 heteroatoms. The second kappa shape index (κ2) is 9.56. The van der Waals surface area contributed by atoms with Crippen LogP contribution in [0, 0.1) is 0 Å². The summed E-state index contributed by atoms with van der Waals surface area (Å²) in [5.74, 6) is 0. The highest BCUT2D eigenvalue weighted by molar-refractivity contribution is 5.74. The third-order valence-corrected chi connectivity index (χ3v) is 4.78. The molecule has 2 amide bonds. The monoisotopic (exact) mass is 317 g/mol. The zero-order chi connectivity index (χ0) is 16.5. The Morgan fingerprint density at radius 1 is 1.17 bits per heavy atom. The number of benzene rings is 1. The third kappa shape index (κ3) is 6.61. The van der Waals surface area contributed by atoms with Crippen molar-refractivity contribution in [3.63, 3.8) is 0 Å². The first-order chi connectivity index (χ1) is 11.1. The average Bonchev–Trinajstić information content (AvgIpc) is 2.56. The van der Waals surface area contributed by atoms with Crippen LogP contribution in [0.1, 0.15) is 44.1 Å². The molecule has 1 aromatic rings. The van der Waals surface area contributed by atoms with Crippen molar-refractivity contribution in [2.75, 3.05) is 20.6 Å². The normalized spacial score (nSPS) is 17.0. The van der Waals surface area contributed by atoms with Crippen molar-refractivity contribution in [1.82, 2.24) is 15.5 Å². The molecule has 2 N–H and O–H groups in total. The van der Waals surface area contributed by atoms with Gasteiger partial charge in [-0.3, -0.25) is 0 Å². The standard InChI is InChI=1S/C19H31N3O/c1-22(2)18(14-13-16-9-5-3-6-10-16)15-20-19(23)21-17-11-7-4-8-12-17/h3,5-6,9-10,17-18H,4,7-8,11-15H2,1-2H3,(H2,20,21,23). The van der Waals surface area contributed by atoms with E-state index in [2.05, 4.69) is 53.9 Å². The lowest BCUT2D eigenvalue weighted by atomic mass is 9.96. The number of likely N-dealkylation sites (N-methyl/N-ethyl adjacent to an activating group) is 1. The Balaban J connectivity index is 1.72. The first kappa shape index (κ1) is 17.8. The van der Waals surface area contributed by atoms with Crippen molar-refractivity contribution in [3.8, 4) is 0 Å². The summed E-state index contributed by atoms with van der Waals surface area (Å²) in [7, 11) is 4.16. The van der Waals surface area contributed by atoms with Gasteiger partial charge in [0, 0.05) is 18.6 Å². The predicted molar refractivity (Wildman–Crippen MR) is 95.6 cm³/mol. The number of amides is 2. The molecule has 0 aliphatic heterocycles. The maximum absolute atomic E-state index is 12.1. The van der Waals surface area contributed by atoms with Crippen LogP contribution in [0.2, 0.25) is 0 Å². The largest absolute Gasteiger partial charge is 0.337 e. The van der Waals surface area contributed by atoms with Crippen LogP contribution in [0.3, 0.4) is 0 Å². The molecule has 23 heavy (non-hydrogen) atoms. The van der Waals surface area contributed by atoms with Gasteiger partial charge in [0.2, 0.25) is 0 Å². The lowest BCUT2D eigenvalue weighted by Gasteiger charge is -2.26. The van der Waals surface area contributed by atoms with Crippen LogP contribution in [-0.2, 0) is 6.42 Å². The number of nitrogens with one attached hydrogen (secondary N) is 2. The summed E-state index contributed by atoms with van der Waals surface area (Å²) in [6.07, 6.45) is 8.11. The minimum Gasteiger partial charge on any atom is -0.337 e. The first-order valence-electron chi connectivity index (χ1n) is 8.90. The number of aryl methyl sites for hydroxylation is 1. The van der Waals surface area contributed by atoms with Gasteiger partial charge < -0.3 is 15.5 Å². The zero-order valence-electron chi connectivity index (χ0n) is 14.6. The lowest BCUT2D eigenvalue weighted by molar-refractivity contribution is 0.223. The fraction of sp³-hybridized carbons (Fsp3) is 0.632. The van der Waals surface area contributed by atoms with E-state index in [1.807, 2.05) is 6.07 Å². The van der Waals surface area contributed by atoms with Gasteiger partial charge in [0.25, 0.3) is 0 Å². The molecular weight excluding hydrogens is 286 g/mol. The molecule has 128 valence electrons. The fourth-order valence-corrected chi connectivity index (χ4v) is 3.21. The molecule has 0 spiro atoms. The molecule has 0 heterocycles. The number of hydrogen-bond acceptors (Lipinski definition) is 2. The highest BCUT2D eigenvalue weighted by atomic mass is 16.2. The quantitative estimate of drug-likeness (QED) is 0.811. The zero-order valence-corrected chi connectivity index (χ0v) is 14.6. The van der Waals surface area contributed by atoms with E-state index in [1.54, 1.807) is 0 Å². The molecule has 0 saturated heterocycles. The van der Waals surface area contributed by atoms with E-state index in [1.165, 1.54) is 24.8 Å². The van der Waals surface area contributed by atoms with Gasteiger partial charge in [-0.25, -0.2) is 4.79 Å². The van der Waals surface area contributed by atoms with Crippen LogP contribution < -0.4 is 10.6 Å². The molecule has 0 radical (unpaired) electrons. The highest BCUT2D eigenvalue weighted by Gasteiger charge is 2.17. The van der Waals surface area contributed by atoms with Gasteiger partial charge in [-0.2, -0.15) is 0 Å². The summed E-state index contributed by atoms with van der Waals surface area (Å²) in [6, 6.07) is 11.2. The van der Waals surface area contributed by atoms with Crippen LogP contribution in [-0.4, -0.2) is 43.7 Å². The number of nitrogens with zero attached hydrogens (tertiary/aromatic N) is 1. The summed E-state index contributed by atoms with van der Waals surface area (Å²) in [6.45, 7) is 0.693. The Bertz CT molecular complexity index is 455. The van der Waals surface area contributed by atoms with Crippen molar-refractivity contribution in [3.05, 3.63) is 35.9 Å². The van der Waals surface area contributed by atoms with E-state index in [0.717, 1.165) is 25.7 Å². The van der Waals surface area contributed by atoms with E-state index in [0.29, 0.717) is 18.6 Å². The first-order valence-corrected chi connectivity index (χ1v) is 8.90. The molecule has 1 aromatic carbocycles. The van der Waals surface area contributed by atoms with Gasteiger partial charge in [-0.05, 0) is 45.3 Å². The molecule has 1 unspecified atom stereocenters. The van der Waals surface area contributed by atoms with Gasteiger partial charge in [0.1, 0.15) is 0 Å². The van der Waals surface area contributed by atoms with Crippen LogP contribution in [0.5, 0.6) is 0 Å². The van der Waals surface area contributed by atoms with Crippen LogP contribution in [0.15, 0.2) is 30.3 Å². The van der Waals surface area contributed by atoms with Gasteiger partial charge >= 0.3 is 6.03 Å². The Morgan fingerprint density at radius 3 is 2.52 bits per heavy atom. The number of hydrogen-bond donors (Lipinski definition) is 2. The van der Waals surface area contributed by atoms with Crippen molar-refractivity contribution in [2.45, 2.75) is 57.0 Å². The smallest absolute Gasteiger partial charge is 0.315 e. The van der Waals surface area contributed by atoms with Crippen molar-refractivity contribution in [1.29, 1.82) is 0 Å². The van der Waals surface area contributed by atoms with Crippen LogP contribution >= 0.6 is 0 Å². The number of carbonyl (C=O) groups is 1. The number of urea groups is 1. The van der Waals surface area contributed by atoms with Crippen LogP contribution in [0.25, 0.3) is 0 Å². The fourth-order valence-electron chi connectivity index (χ4n) is 3.21. The predicted octanol–water partition coefficient (Wildman–Crippen LogP) is 3.18. The summed E-state index contributed by atoms with van der Waals surface area (Å²) in [5.41, 5.74) is 1.35. The molecule has 1 aliphatic carbocycles. The topological polar surface area (TPSA) is 44.4 Å². The lowest BCUT2D eigenvalue weighted by Crippen LogP contribution is -2.47. The molecule has 2 rings (SSSR count). The number of rotatable bonds is 7. The van der Waals surface area contributed by atoms with Crippen molar-refractivity contribution in [2.24, 2.45) is 0 Å². The summed E-state index contributed by atoms with van der Waals surface area (Å²) in [4.78, 5) is 14.3. The molecule has 1 atom stereocenters. The highest BCUT2D eigenvalue weighted by Crippen LogP contribution is 2.17. The summed E-state index contributed by atoms with van der Waals surface area (Å²) in [5, 5.41) is 6.17. The summed E-state index contributed by atoms with van der Waals surface area (Å²) >= 11 is 0. The van der Waals surface area contributed by atoms with Crippen LogP contribution in [0.4, 0.5) is 4.79 Å². The molecular formula is C19H31N3O. The molecule has 1 fully saturated rings. The van der Waals surface area contributed by atoms with E-state index in [4.69, 9.17) is 0 Å². The Kier molecular flexibility index (Phi) is 7.40. The SMILES string of the molecule is CN(C)C(CCc1ccccc1)CNC(=O)NC1CCCCC1. The molecule has 4 nitrogen and oxygen atoms in total. The molecule has 1 aliphatic rings. The molecule has 0 bridgehead atoms. The second-order valence-corrected chi connectivity index (χ2v) is 6.83. The minimum atomic E-state index is -0.0107. The maximum atomic E-state index is 12.1. The average molecular weight is 317 g/mol. The van der Waals surface area contributed by atoms with Gasteiger partial charge in [0.05, 0.1) is 0 Å². The van der Waals surface area contributed by atoms with Gasteiger partial charge in [-0.15, -0.1) is 0 Å². The van der Waals surface area contributed by atoms with Crippen molar-refractivity contribution >= 4 is 6.03 Å². The van der Waals surface area contributed by atoms with Gasteiger partial charge in [-0.1, -0.05) is 49.6 Å². The summed E-state index contributed by atoms with van der Waals surface area (Å²) < 4.78 is 0. The van der Waals surface area contributed by atoms with E-state index >= 15 is 0 Å². The second-order valence-electron chi connectivity index (χ2n) is 6.83. The Hall–Kier alpha value is -1.55. The van der Waals surface area contributed by atoms with E-state index < -0.39 is 0 Å². The third-order valence-electron chi connectivity index (χ3n) is 4.78. The van der Waals surface area contributed by atoms with Crippen molar-refractivity contribution < 1.29 is 4.79 Å². The number of carbonyl (C=O) groups excluding carboxylic acids is 1. The Labute approximate surface area is 140 Å². The molecule has 0 aromatic heterocycles. The van der Waals surface area contributed by atoms with E-state index in [-0.39, 0.29) is 6.03 Å². The molecule has 1 saturated carbocycles. The minimum absolute atomic E-state index is 0.0107. The maximum Gasteiger partial charge on any atom is 0.315 e. The van der Waals surface area contributed by atoms with Gasteiger partial charge in [0.15, 0.2) is 0 Å². The Morgan fingerprint density at radius 2 is 1.87 bits per heavy atom.